The number of Topliss-reactive ketones (excluding diaryl/α,β-unsaturated/α-hetero) is 1. The first-order valence-electron chi connectivity index (χ1n) is 9.40. The molecule has 0 spiro atoms. The van der Waals surface area contributed by atoms with Crippen LogP contribution in [0.2, 0.25) is 0 Å². The molecule has 148 valence electrons. The van der Waals surface area contributed by atoms with Crippen LogP contribution in [0.4, 0.5) is 5.69 Å². The van der Waals surface area contributed by atoms with Crippen molar-refractivity contribution in [1.29, 1.82) is 0 Å². The highest BCUT2D eigenvalue weighted by atomic mass is 16.5. The molecule has 0 radical (unpaired) electrons. The maximum Gasteiger partial charge on any atom is 0.240 e. The van der Waals surface area contributed by atoms with Crippen molar-refractivity contribution in [2.75, 3.05) is 19.0 Å². The number of carbonyl (C=O) groups is 2. The van der Waals surface area contributed by atoms with Crippen molar-refractivity contribution in [1.82, 2.24) is 5.32 Å². The lowest BCUT2D eigenvalue weighted by molar-refractivity contribution is -0.119. The van der Waals surface area contributed by atoms with Crippen molar-refractivity contribution in [3.8, 4) is 5.75 Å². The van der Waals surface area contributed by atoms with Gasteiger partial charge in [-0.15, -0.1) is 0 Å². The standard InChI is InChI=1S/C24H24N2O3/c1-17(27)21-10-6-7-11-22(21)25-16-23(28)26-24(18-8-4-3-5-9-18)19-12-14-20(29-2)15-13-19/h3-15,24-25H,16H2,1-2H3,(H,26,28). The van der Waals surface area contributed by atoms with Crippen LogP contribution in [0.25, 0.3) is 0 Å². The van der Waals surface area contributed by atoms with Gasteiger partial charge in [-0.3, -0.25) is 9.59 Å². The molecule has 0 saturated carbocycles. The third-order valence-electron chi connectivity index (χ3n) is 4.63. The lowest BCUT2D eigenvalue weighted by Gasteiger charge is -2.21. The predicted molar refractivity (Wildman–Crippen MR) is 114 cm³/mol. The predicted octanol–water partition coefficient (Wildman–Crippen LogP) is 4.22. The first kappa shape index (κ1) is 20.1. The number of ketones is 1. The van der Waals surface area contributed by atoms with Gasteiger partial charge in [-0.2, -0.15) is 0 Å². The minimum absolute atomic E-state index is 0.0473. The van der Waals surface area contributed by atoms with Gasteiger partial charge in [0, 0.05) is 11.3 Å². The van der Waals surface area contributed by atoms with E-state index < -0.39 is 0 Å². The number of nitrogens with one attached hydrogen (secondary N) is 2. The Hall–Kier alpha value is -3.60. The summed E-state index contributed by atoms with van der Waals surface area (Å²) in [5, 5.41) is 6.15. The summed E-state index contributed by atoms with van der Waals surface area (Å²) in [5.74, 6) is 0.538. The van der Waals surface area contributed by atoms with Gasteiger partial charge in [-0.25, -0.2) is 0 Å². The second-order valence-corrected chi connectivity index (χ2v) is 6.64. The first-order chi connectivity index (χ1) is 14.1. The number of para-hydroxylation sites is 1. The minimum atomic E-state index is -0.292. The Balaban J connectivity index is 1.75. The zero-order valence-electron chi connectivity index (χ0n) is 16.5. The number of hydrogen-bond acceptors (Lipinski definition) is 4. The molecular weight excluding hydrogens is 364 g/mol. The summed E-state index contributed by atoms with van der Waals surface area (Å²) < 4.78 is 5.23. The Morgan fingerprint density at radius 1 is 0.862 bits per heavy atom. The minimum Gasteiger partial charge on any atom is -0.497 e. The quantitative estimate of drug-likeness (QED) is 0.567. The van der Waals surface area contributed by atoms with Gasteiger partial charge in [-0.1, -0.05) is 54.6 Å². The lowest BCUT2D eigenvalue weighted by atomic mass is 9.98. The van der Waals surface area contributed by atoms with Crippen molar-refractivity contribution in [2.45, 2.75) is 13.0 Å². The SMILES string of the molecule is COc1ccc(C(NC(=O)CNc2ccccc2C(C)=O)c2ccccc2)cc1. The van der Waals surface area contributed by atoms with Crippen LogP contribution in [0.3, 0.4) is 0 Å². The van der Waals surface area contributed by atoms with Crippen molar-refractivity contribution in [3.05, 3.63) is 95.6 Å². The van der Waals surface area contributed by atoms with Crippen molar-refractivity contribution < 1.29 is 14.3 Å². The van der Waals surface area contributed by atoms with Crippen LogP contribution in [0, 0.1) is 0 Å². The van der Waals surface area contributed by atoms with E-state index in [1.165, 1.54) is 6.92 Å². The fourth-order valence-corrected chi connectivity index (χ4v) is 3.13. The molecule has 0 aliphatic rings. The fourth-order valence-electron chi connectivity index (χ4n) is 3.13. The molecule has 5 nitrogen and oxygen atoms in total. The summed E-state index contributed by atoms with van der Waals surface area (Å²) in [6, 6.07) is 24.3. The summed E-state index contributed by atoms with van der Waals surface area (Å²) in [6.07, 6.45) is 0. The van der Waals surface area contributed by atoms with E-state index in [4.69, 9.17) is 4.74 Å². The average Bonchev–Trinajstić information content (AvgIpc) is 2.77. The number of hydrogen-bond donors (Lipinski definition) is 2. The van der Waals surface area contributed by atoms with Crippen molar-refractivity contribution in [3.63, 3.8) is 0 Å². The van der Waals surface area contributed by atoms with E-state index in [-0.39, 0.29) is 24.3 Å². The molecule has 1 amide bonds. The largest absolute Gasteiger partial charge is 0.497 e. The maximum atomic E-state index is 12.7. The lowest BCUT2D eigenvalue weighted by Crippen LogP contribution is -2.34. The number of ether oxygens (including phenoxy) is 1. The smallest absolute Gasteiger partial charge is 0.240 e. The van der Waals surface area contributed by atoms with Crippen LogP contribution in [-0.2, 0) is 4.79 Å². The van der Waals surface area contributed by atoms with Crippen molar-refractivity contribution in [2.24, 2.45) is 0 Å². The molecule has 0 aliphatic carbocycles. The Morgan fingerprint density at radius 2 is 1.48 bits per heavy atom. The van der Waals surface area contributed by atoms with Crippen LogP contribution in [0.1, 0.15) is 34.5 Å². The highest BCUT2D eigenvalue weighted by Crippen LogP contribution is 2.24. The third kappa shape index (κ3) is 5.23. The number of rotatable bonds is 8. The maximum absolute atomic E-state index is 12.7. The van der Waals surface area contributed by atoms with Crippen LogP contribution in [0.5, 0.6) is 5.75 Å². The van der Waals surface area contributed by atoms with Gasteiger partial charge in [0.25, 0.3) is 0 Å². The van der Waals surface area contributed by atoms with Gasteiger partial charge in [0.15, 0.2) is 5.78 Å². The normalized spacial score (nSPS) is 11.4. The van der Waals surface area contributed by atoms with Crippen LogP contribution in [-0.4, -0.2) is 25.3 Å². The molecule has 0 heterocycles. The molecule has 0 aromatic heterocycles. The van der Waals surface area contributed by atoms with E-state index in [2.05, 4.69) is 10.6 Å². The monoisotopic (exact) mass is 388 g/mol. The molecular formula is C24H24N2O3. The average molecular weight is 388 g/mol. The molecule has 3 aromatic carbocycles. The molecule has 0 saturated heterocycles. The van der Waals surface area contributed by atoms with E-state index in [1.807, 2.05) is 60.7 Å². The summed E-state index contributed by atoms with van der Waals surface area (Å²) in [5.41, 5.74) is 3.15. The molecule has 29 heavy (non-hydrogen) atoms. The number of methoxy groups -OCH3 is 1. The van der Waals surface area contributed by atoms with E-state index in [9.17, 15) is 9.59 Å². The molecule has 2 N–H and O–H groups in total. The number of carbonyl (C=O) groups excluding carboxylic acids is 2. The molecule has 0 aliphatic heterocycles. The zero-order valence-corrected chi connectivity index (χ0v) is 16.5. The molecule has 1 unspecified atom stereocenters. The number of benzene rings is 3. The first-order valence-corrected chi connectivity index (χ1v) is 9.40. The number of amides is 1. The Kier molecular flexibility index (Phi) is 6.63. The molecule has 0 fully saturated rings. The number of anilines is 1. The molecule has 1 atom stereocenters. The van der Waals surface area contributed by atoms with E-state index >= 15 is 0 Å². The zero-order chi connectivity index (χ0) is 20.6. The van der Waals surface area contributed by atoms with E-state index in [0.717, 1.165) is 16.9 Å². The second kappa shape index (κ2) is 9.55. The highest BCUT2D eigenvalue weighted by molar-refractivity contribution is 6.00. The fraction of sp³-hybridized carbons (Fsp3) is 0.167. The Labute approximate surface area is 170 Å². The second-order valence-electron chi connectivity index (χ2n) is 6.64. The Bertz CT molecular complexity index is 969. The van der Waals surface area contributed by atoms with Gasteiger partial charge in [-0.05, 0) is 42.3 Å². The van der Waals surface area contributed by atoms with Crippen LogP contribution >= 0.6 is 0 Å². The molecule has 0 bridgehead atoms. The van der Waals surface area contributed by atoms with Gasteiger partial charge in [0.05, 0.1) is 19.7 Å². The van der Waals surface area contributed by atoms with Gasteiger partial charge in [0.2, 0.25) is 5.91 Å². The van der Waals surface area contributed by atoms with E-state index in [1.54, 1.807) is 25.3 Å². The molecule has 3 aromatic rings. The summed E-state index contributed by atoms with van der Waals surface area (Å²) in [4.78, 5) is 24.5. The van der Waals surface area contributed by atoms with E-state index in [0.29, 0.717) is 11.3 Å². The van der Waals surface area contributed by atoms with Gasteiger partial charge < -0.3 is 15.4 Å². The van der Waals surface area contributed by atoms with Crippen LogP contribution in [0.15, 0.2) is 78.9 Å². The third-order valence-corrected chi connectivity index (χ3v) is 4.63. The highest BCUT2D eigenvalue weighted by Gasteiger charge is 2.17. The summed E-state index contributed by atoms with van der Waals surface area (Å²) in [6.45, 7) is 1.57. The molecule has 3 rings (SSSR count). The van der Waals surface area contributed by atoms with Gasteiger partial charge in [0.1, 0.15) is 5.75 Å². The van der Waals surface area contributed by atoms with Gasteiger partial charge >= 0.3 is 0 Å². The van der Waals surface area contributed by atoms with Crippen LogP contribution < -0.4 is 15.4 Å². The molecule has 5 heteroatoms. The summed E-state index contributed by atoms with van der Waals surface area (Å²) in [7, 11) is 1.62. The summed E-state index contributed by atoms with van der Waals surface area (Å²) >= 11 is 0. The topological polar surface area (TPSA) is 67.4 Å². The van der Waals surface area contributed by atoms with Crippen molar-refractivity contribution >= 4 is 17.4 Å². The Morgan fingerprint density at radius 3 is 2.14 bits per heavy atom.